The van der Waals surface area contributed by atoms with Crippen LogP contribution >= 0.6 is 49.7 Å². The van der Waals surface area contributed by atoms with E-state index in [4.69, 9.17) is 11.5 Å². The molecule has 7 heteroatoms. The fraction of sp³-hybridized carbons (Fsp3) is 0. The van der Waals surface area contributed by atoms with E-state index < -0.39 is 0 Å². The Bertz CT molecular complexity index is 88.3. The summed E-state index contributed by atoms with van der Waals surface area (Å²) in [6.07, 6.45) is 0. The van der Waals surface area contributed by atoms with Crippen LogP contribution in [0.2, 0.25) is 0 Å². The van der Waals surface area contributed by atoms with E-state index in [0.29, 0.717) is 0 Å². The van der Waals surface area contributed by atoms with Gasteiger partial charge < -0.3 is 11.5 Å². The molecule has 0 aliphatic rings. The van der Waals surface area contributed by atoms with Crippen molar-refractivity contribution in [3.05, 3.63) is 13.2 Å². The first-order valence-corrected chi connectivity index (χ1v) is 3.64. The van der Waals surface area contributed by atoms with Gasteiger partial charge in [-0.05, 0) is 0 Å². The van der Waals surface area contributed by atoms with Crippen LogP contribution in [0.3, 0.4) is 0 Å². The number of thiol groups is 2. The van der Waals surface area contributed by atoms with E-state index in [1.165, 1.54) is 0 Å². The van der Waals surface area contributed by atoms with Crippen molar-refractivity contribution in [2.24, 2.45) is 11.5 Å². The van der Waals surface area contributed by atoms with Crippen LogP contribution in [0.4, 0.5) is 0 Å². The molecule has 11 heavy (non-hydrogen) atoms. The zero-order chi connectivity index (χ0) is 9.15. The molecule has 0 unspecified atom stereocenters. The molecule has 0 aliphatic carbocycles. The SMILES string of the molecule is C=C.NC(=S)S.NC(=S)S.[Mn]. The number of hydrogen-bond acceptors (Lipinski definition) is 2. The van der Waals surface area contributed by atoms with E-state index in [1.54, 1.807) is 0 Å². The fourth-order valence-electron chi connectivity index (χ4n) is 0. The van der Waals surface area contributed by atoms with Gasteiger partial charge in [0, 0.05) is 17.1 Å². The summed E-state index contributed by atoms with van der Waals surface area (Å²) in [6.45, 7) is 6.00. The largest absolute Gasteiger partial charge is 0.385 e. The minimum atomic E-state index is 0. The smallest absolute Gasteiger partial charge is 0.128 e. The van der Waals surface area contributed by atoms with Crippen LogP contribution in [0.25, 0.3) is 0 Å². The van der Waals surface area contributed by atoms with Crippen LogP contribution in [-0.2, 0) is 17.1 Å². The van der Waals surface area contributed by atoms with Crippen molar-refractivity contribution in [2.45, 2.75) is 0 Å². The van der Waals surface area contributed by atoms with E-state index in [0.717, 1.165) is 0 Å². The molecule has 0 atom stereocenters. The Labute approximate surface area is 99.5 Å². The summed E-state index contributed by atoms with van der Waals surface area (Å²) >= 11 is 15.3. The maximum Gasteiger partial charge on any atom is 0.128 e. The molecule has 0 spiro atoms. The van der Waals surface area contributed by atoms with Gasteiger partial charge in [-0.3, -0.25) is 0 Å². The van der Waals surface area contributed by atoms with Crippen molar-refractivity contribution in [3.8, 4) is 0 Å². The van der Waals surface area contributed by atoms with Crippen molar-refractivity contribution in [1.82, 2.24) is 0 Å². The van der Waals surface area contributed by atoms with Crippen molar-refractivity contribution >= 4 is 58.3 Å². The maximum absolute atomic E-state index is 4.71. The van der Waals surface area contributed by atoms with E-state index >= 15 is 0 Å². The van der Waals surface area contributed by atoms with Gasteiger partial charge in [0.15, 0.2) is 0 Å². The monoisotopic (exact) mass is 269 g/mol. The zero-order valence-electron chi connectivity index (χ0n) is 5.66. The number of thiocarbonyl (C=S) groups is 2. The minimum absolute atomic E-state index is 0. The molecule has 0 aromatic carbocycles. The molecule has 0 saturated heterocycles. The third-order valence-corrected chi connectivity index (χ3v) is 0. The van der Waals surface area contributed by atoms with Gasteiger partial charge in [0.25, 0.3) is 0 Å². The maximum atomic E-state index is 4.71. The first-order chi connectivity index (χ1) is 4.46. The van der Waals surface area contributed by atoms with E-state index in [2.05, 4.69) is 62.9 Å². The summed E-state index contributed by atoms with van der Waals surface area (Å²) in [5.74, 6) is 0. The van der Waals surface area contributed by atoms with Crippen LogP contribution in [0.15, 0.2) is 13.2 Å². The third-order valence-electron chi connectivity index (χ3n) is 0. The molecular formula is C4H10MnN2S4. The Hall–Kier alpha value is 0.739. The Kier molecular flexibility index (Phi) is 46.1. The molecule has 2 nitrogen and oxygen atoms in total. The van der Waals surface area contributed by atoms with E-state index in [9.17, 15) is 0 Å². The number of hydrogen-bond donors (Lipinski definition) is 4. The Morgan fingerprint density at radius 1 is 1.00 bits per heavy atom. The zero-order valence-corrected chi connectivity index (χ0v) is 10.3. The van der Waals surface area contributed by atoms with Crippen molar-refractivity contribution in [3.63, 3.8) is 0 Å². The average Bonchev–Trinajstić information content (AvgIpc) is 1.66. The van der Waals surface area contributed by atoms with Crippen LogP contribution in [0, 0.1) is 0 Å². The molecule has 0 aliphatic heterocycles. The van der Waals surface area contributed by atoms with Gasteiger partial charge in [-0.25, -0.2) is 0 Å². The molecule has 67 valence electrons. The second-order valence-electron chi connectivity index (χ2n) is 0.676. The molecule has 0 bridgehead atoms. The van der Waals surface area contributed by atoms with Gasteiger partial charge in [0.2, 0.25) is 0 Å². The quantitative estimate of drug-likeness (QED) is 0.230. The summed E-state index contributed by atoms with van der Waals surface area (Å²) in [7, 11) is 0. The molecular weight excluding hydrogens is 259 g/mol. The summed E-state index contributed by atoms with van der Waals surface area (Å²) in [4.78, 5) is 0. The van der Waals surface area contributed by atoms with Gasteiger partial charge in [-0.1, -0.05) is 24.4 Å². The molecule has 0 aromatic rings. The second-order valence-corrected chi connectivity index (χ2v) is 3.12. The first-order valence-electron chi connectivity index (χ1n) is 1.93. The normalized spacial score (nSPS) is 4.91. The van der Waals surface area contributed by atoms with Crippen LogP contribution in [-0.4, -0.2) is 8.64 Å². The van der Waals surface area contributed by atoms with Crippen molar-refractivity contribution in [2.75, 3.05) is 0 Å². The summed E-state index contributed by atoms with van der Waals surface area (Å²) in [5, 5.41) is 0. The molecule has 0 heterocycles. The van der Waals surface area contributed by atoms with Gasteiger partial charge >= 0.3 is 0 Å². The van der Waals surface area contributed by atoms with E-state index in [1.807, 2.05) is 0 Å². The van der Waals surface area contributed by atoms with Crippen molar-refractivity contribution < 1.29 is 17.1 Å². The Balaban J connectivity index is -0.0000000339. The standard InChI is InChI=1S/C2H4.2CH3NS2.Mn/c1-2;2*2-1(3)4;/h1-2H2;2*(H3,2,3,4);. The first kappa shape index (κ1) is 22.6. The average molecular weight is 269 g/mol. The van der Waals surface area contributed by atoms with E-state index in [-0.39, 0.29) is 25.7 Å². The predicted molar refractivity (Wildman–Crippen MR) is 62.8 cm³/mol. The Morgan fingerprint density at radius 2 is 1.00 bits per heavy atom. The number of nitrogens with two attached hydrogens (primary N) is 2. The molecule has 0 saturated carbocycles. The molecule has 0 aromatic heterocycles. The molecule has 0 fully saturated rings. The van der Waals surface area contributed by atoms with Gasteiger partial charge in [-0.2, -0.15) is 0 Å². The summed E-state index contributed by atoms with van der Waals surface area (Å²) in [6, 6.07) is 0. The summed E-state index contributed by atoms with van der Waals surface area (Å²) < 4.78 is 0.389. The number of rotatable bonds is 0. The molecule has 4 N–H and O–H groups in total. The van der Waals surface area contributed by atoms with Crippen LogP contribution < -0.4 is 11.5 Å². The van der Waals surface area contributed by atoms with Gasteiger partial charge in [0.1, 0.15) is 8.64 Å². The third kappa shape index (κ3) is 1500. The van der Waals surface area contributed by atoms with Crippen molar-refractivity contribution in [1.29, 1.82) is 0 Å². The van der Waals surface area contributed by atoms with Gasteiger partial charge in [0.05, 0.1) is 0 Å². The topological polar surface area (TPSA) is 52.0 Å². The van der Waals surface area contributed by atoms with Crippen LogP contribution in [0.5, 0.6) is 0 Å². The Morgan fingerprint density at radius 3 is 1.00 bits per heavy atom. The minimum Gasteiger partial charge on any atom is -0.385 e. The van der Waals surface area contributed by atoms with Gasteiger partial charge in [-0.15, -0.1) is 38.4 Å². The molecule has 0 amide bonds. The molecule has 0 rings (SSSR count). The summed E-state index contributed by atoms with van der Waals surface area (Å²) in [5.41, 5.74) is 9.41. The second kappa shape index (κ2) is 22.4. The predicted octanol–water partition coefficient (Wildman–Crippen LogP) is 1.12. The fourth-order valence-corrected chi connectivity index (χ4v) is 0. The van der Waals surface area contributed by atoms with Crippen LogP contribution in [0.1, 0.15) is 0 Å². The molecule has 1 radical (unpaired) electrons.